The first-order valence-corrected chi connectivity index (χ1v) is 9.24. The highest BCUT2D eigenvalue weighted by atomic mass is 127. The number of hydrogen-bond acceptors (Lipinski definition) is 3. The number of nitrogens with zero attached hydrogens (tertiary/aromatic N) is 2. The van der Waals surface area contributed by atoms with Gasteiger partial charge in [0.2, 0.25) is 0 Å². The zero-order chi connectivity index (χ0) is 15.0. The van der Waals surface area contributed by atoms with E-state index >= 15 is 0 Å². The third-order valence-corrected chi connectivity index (χ3v) is 7.19. The summed E-state index contributed by atoms with van der Waals surface area (Å²) in [4.78, 5) is 6.59. The topological polar surface area (TPSA) is 61.8 Å². The molecule has 1 saturated carbocycles. The van der Waals surface area contributed by atoms with Gasteiger partial charge >= 0.3 is 0 Å². The van der Waals surface area contributed by atoms with Crippen molar-refractivity contribution in [3.63, 3.8) is 0 Å². The van der Waals surface area contributed by atoms with E-state index in [-0.39, 0.29) is 24.0 Å². The van der Waals surface area contributed by atoms with Gasteiger partial charge in [-0.2, -0.15) is 0 Å². The molecule has 0 atom stereocenters. The summed E-state index contributed by atoms with van der Waals surface area (Å²) < 4.78 is 22.7. The number of rotatable bonds is 3. The summed E-state index contributed by atoms with van der Waals surface area (Å²) in [6.45, 7) is 5.98. The maximum Gasteiger partial charge on any atom is 0.193 e. The van der Waals surface area contributed by atoms with E-state index in [4.69, 9.17) is 0 Å². The quantitative estimate of drug-likeness (QED) is 0.423. The summed E-state index contributed by atoms with van der Waals surface area (Å²) in [6, 6.07) is 0. The summed E-state index contributed by atoms with van der Waals surface area (Å²) >= 11 is 0. The zero-order valence-corrected chi connectivity index (χ0v) is 16.6. The molecular weight excluding hydrogens is 401 g/mol. The lowest BCUT2D eigenvalue weighted by molar-refractivity contribution is 0.151. The van der Waals surface area contributed by atoms with Gasteiger partial charge < -0.3 is 10.2 Å². The van der Waals surface area contributed by atoms with Crippen LogP contribution in [0.2, 0.25) is 0 Å². The average molecular weight is 429 g/mol. The Bertz CT molecular complexity index is 498. The van der Waals surface area contributed by atoms with Crippen LogP contribution in [0.1, 0.15) is 39.5 Å². The molecule has 1 aliphatic carbocycles. The van der Waals surface area contributed by atoms with Crippen LogP contribution in [0.3, 0.4) is 0 Å². The fraction of sp³-hybridized carbons (Fsp3) is 0.929. The van der Waals surface area contributed by atoms with Crippen LogP contribution >= 0.6 is 24.0 Å². The number of aliphatic imine (C=N–C) groups is 1. The molecule has 0 radical (unpaired) electrons. The zero-order valence-electron chi connectivity index (χ0n) is 13.5. The third-order valence-electron chi connectivity index (χ3n) is 5.04. The van der Waals surface area contributed by atoms with E-state index in [0.29, 0.717) is 12.0 Å². The Morgan fingerprint density at radius 3 is 2.33 bits per heavy atom. The van der Waals surface area contributed by atoms with Gasteiger partial charge in [-0.15, -0.1) is 24.0 Å². The number of hydrogen-bond donors (Lipinski definition) is 1. The van der Waals surface area contributed by atoms with Gasteiger partial charge in [0.15, 0.2) is 15.8 Å². The van der Waals surface area contributed by atoms with E-state index in [0.717, 1.165) is 19.0 Å². The summed E-state index contributed by atoms with van der Waals surface area (Å²) in [5.74, 6) is 0.838. The molecule has 0 aromatic heterocycles. The van der Waals surface area contributed by atoms with E-state index in [9.17, 15) is 8.42 Å². The van der Waals surface area contributed by atoms with Crippen molar-refractivity contribution < 1.29 is 8.42 Å². The molecule has 1 saturated heterocycles. The molecule has 0 bridgehead atoms. The van der Waals surface area contributed by atoms with Crippen LogP contribution < -0.4 is 5.32 Å². The molecule has 0 aromatic carbocycles. The number of guanidine groups is 1. The first-order valence-electron chi connectivity index (χ1n) is 7.34. The van der Waals surface area contributed by atoms with E-state index in [1.807, 2.05) is 0 Å². The lowest BCUT2D eigenvalue weighted by Gasteiger charge is -2.38. The Morgan fingerprint density at radius 1 is 1.33 bits per heavy atom. The summed E-state index contributed by atoms with van der Waals surface area (Å²) in [5, 5.41) is 3.24. The minimum Gasteiger partial charge on any atom is -0.355 e. The van der Waals surface area contributed by atoms with Crippen molar-refractivity contribution in [1.29, 1.82) is 0 Å². The molecule has 2 rings (SSSR count). The summed E-state index contributed by atoms with van der Waals surface area (Å²) in [6.07, 6.45) is 6.53. The Balaban J connectivity index is 0.00000220. The van der Waals surface area contributed by atoms with Gasteiger partial charge in [0.05, 0.1) is 4.75 Å². The van der Waals surface area contributed by atoms with Crippen molar-refractivity contribution in [2.75, 3.05) is 32.9 Å². The second kappa shape index (κ2) is 6.60. The van der Waals surface area contributed by atoms with Gasteiger partial charge in [-0.3, -0.25) is 4.99 Å². The molecule has 1 spiro atoms. The number of sulfone groups is 1. The number of halogens is 1. The fourth-order valence-electron chi connectivity index (χ4n) is 2.96. The largest absolute Gasteiger partial charge is 0.355 e. The van der Waals surface area contributed by atoms with Crippen molar-refractivity contribution in [2.45, 2.75) is 44.3 Å². The second-order valence-electron chi connectivity index (χ2n) is 6.96. The van der Waals surface area contributed by atoms with Gasteiger partial charge in [-0.1, -0.05) is 6.42 Å². The van der Waals surface area contributed by atoms with Crippen LogP contribution in [0.5, 0.6) is 0 Å². The second-order valence-corrected chi connectivity index (χ2v) is 9.61. The van der Waals surface area contributed by atoms with Gasteiger partial charge in [-0.25, -0.2) is 8.42 Å². The molecule has 1 heterocycles. The van der Waals surface area contributed by atoms with Gasteiger partial charge in [0.25, 0.3) is 0 Å². The lowest BCUT2D eigenvalue weighted by Crippen LogP contribution is -2.49. The molecule has 2 aliphatic rings. The predicted molar refractivity (Wildman–Crippen MR) is 98.2 cm³/mol. The van der Waals surface area contributed by atoms with Gasteiger partial charge in [0, 0.05) is 32.9 Å². The first-order chi connectivity index (χ1) is 9.19. The molecule has 0 aromatic rings. The van der Waals surface area contributed by atoms with Crippen molar-refractivity contribution in [2.24, 2.45) is 10.4 Å². The summed E-state index contributed by atoms with van der Waals surface area (Å²) in [7, 11) is -1.32. The van der Waals surface area contributed by atoms with Crippen LogP contribution in [0.15, 0.2) is 4.99 Å². The molecule has 2 fully saturated rings. The van der Waals surface area contributed by atoms with Crippen LogP contribution in [0.25, 0.3) is 0 Å². The molecular formula is C14H28IN3O2S. The lowest BCUT2D eigenvalue weighted by atomic mass is 9.68. The maximum atomic E-state index is 11.7. The van der Waals surface area contributed by atoms with Crippen LogP contribution in [-0.4, -0.2) is 57.0 Å². The third kappa shape index (κ3) is 4.03. The maximum absolute atomic E-state index is 11.7. The Hall–Kier alpha value is -0.0500. The highest BCUT2D eigenvalue weighted by Crippen LogP contribution is 2.47. The molecule has 1 N–H and O–H groups in total. The van der Waals surface area contributed by atoms with E-state index in [2.05, 4.69) is 15.2 Å². The molecule has 124 valence electrons. The van der Waals surface area contributed by atoms with Crippen LogP contribution in [0, 0.1) is 5.41 Å². The van der Waals surface area contributed by atoms with Crippen molar-refractivity contribution in [3.05, 3.63) is 0 Å². The van der Waals surface area contributed by atoms with E-state index < -0.39 is 14.6 Å². The van der Waals surface area contributed by atoms with Crippen LogP contribution in [0.4, 0.5) is 0 Å². The Kier molecular flexibility index (Phi) is 5.97. The minimum atomic E-state index is -3.08. The van der Waals surface area contributed by atoms with E-state index in [1.165, 1.54) is 31.9 Å². The first kappa shape index (κ1) is 19.0. The number of nitrogens with one attached hydrogen (secondary N) is 1. The Morgan fingerprint density at radius 2 is 1.95 bits per heavy atom. The van der Waals surface area contributed by atoms with Crippen molar-refractivity contribution in [3.8, 4) is 0 Å². The van der Waals surface area contributed by atoms with Gasteiger partial charge in [-0.05, 0) is 38.5 Å². The standard InChI is InChI=1S/C14H27N3O2S.HI/c1-13(2,20(4,18)19)10-16-12(15-3)17-9-8-14(11-17)6-5-7-14;/h5-11H2,1-4H3,(H,15,16);1H. The summed E-state index contributed by atoms with van der Waals surface area (Å²) in [5.41, 5.74) is 0.518. The molecule has 5 nitrogen and oxygen atoms in total. The van der Waals surface area contributed by atoms with Crippen LogP contribution in [-0.2, 0) is 9.84 Å². The highest BCUT2D eigenvalue weighted by molar-refractivity contribution is 14.0. The molecule has 0 unspecified atom stereocenters. The van der Waals surface area contributed by atoms with Crippen molar-refractivity contribution in [1.82, 2.24) is 10.2 Å². The van der Waals surface area contributed by atoms with Gasteiger partial charge in [0.1, 0.15) is 0 Å². The SMILES string of the molecule is CN=C(NCC(C)(C)S(C)(=O)=O)N1CCC2(CCC2)C1.I. The number of likely N-dealkylation sites (tertiary alicyclic amines) is 1. The molecule has 21 heavy (non-hydrogen) atoms. The average Bonchev–Trinajstić information content (AvgIpc) is 2.73. The van der Waals surface area contributed by atoms with E-state index in [1.54, 1.807) is 20.9 Å². The fourth-order valence-corrected chi connectivity index (χ4v) is 3.29. The normalized spacial score (nSPS) is 21.9. The molecule has 7 heteroatoms. The monoisotopic (exact) mass is 429 g/mol. The molecule has 0 amide bonds. The highest BCUT2D eigenvalue weighted by Gasteiger charge is 2.43. The minimum absolute atomic E-state index is 0. The predicted octanol–water partition coefficient (Wildman–Crippen LogP) is 1.88. The molecule has 1 aliphatic heterocycles. The van der Waals surface area contributed by atoms with Crippen molar-refractivity contribution >= 4 is 39.8 Å². The Labute approximate surface area is 145 Å². The smallest absolute Gasteiger partial charge is 0.193 e.